The van der Waals surface area contributed by atoms with Crippen molar-refractivity contribution in [3.05, 3.63) is 30.3 Å². The zero-order chi connectivity index (χ0) is 16.8. The first-order valence-corrected chi connectivity index (χ1v) is 7.98. The fraction of sp³-hybridized carbons (Fsp3) is 0.588. The predicted octanol–water partition coefficient (Wildman–Crippen LogP) is 1.01. The van der Waals surface area contributed by atoms with Gasteiger partial charge in [0.2, 0.25) is 0 Å². The normalized spacial score (nSPS) is 28.5. The lowest BCUT2D eigenvalue weighted by Crippen LogP contribution is -2.31. The zero-order valence-electron chi connectivity index (χ0n) is 13.0. The van der Waals surface area contributed by atoms with Gasteiger partial charge in [-0.15, -0.1) is 0 Å². The van der Waals surface area contributed by atoms with Crippen LogP contribution in [0.1, 0.15) is 25.7 Å². The van der Waals surface area contributed by atoms with Gasteiger partial charge in [-0.3, -0.25) is 4.79 Å². The number of aliphatic carboxylic acids is 1. The van der Waals surface area contributed by atoms with E-state index < -0.39 is 24.1 Å². The number of aliphatic hydroxyl groups is 2. The van der Waals surface area contributed by atoms with Gasteiger partial charge in [-0.05, 0) is 37.3 Å². The van der Waals surface area contributed by atoms with E-state index in [4.69, 9.17) is 15.6 Å². The summed E-state index contributed by atoms with van der Waals surface area (Å²) in [7, 11) is 0. The SMILES string of the molecule is NC(CCC1C(O)CC(O)C1CC(=O)O)COc1ccccc1. The maximum atomic E-state index is 10.9. The first-order chi connectivity index (χ1) is 11.0. The Morgan fingerprint density at radius 3 is 2.52 bits per heavy atom. The van der Waals surface area contributed by atoms with Crippen LogP contribution in [0.2, 0.25) is 0 Å². The number of hydrogen-bond donors (Lipinski definition) is 4. The fourth-order valence-corrected chi connectivity index (χ4v) is 3.27. The van der Waals surface area contributed by atoms with E-state index in [9.17, 15) is 15.0 Å². The molecule has 1 aromatic carbocycles. The van der Waals surface area contributed by atoms with Crippen molar-refractivity contribution in [2.45, 2.75) is 43.9 Å². The lowest BCUT2D eigenvalue weighted by molar-refractivity contribution is -0.139. The summed E-state index contributed by atoms with van der Waals surface area (Å²) in [4.78, 5) is 10.9. The van der Waals surface area contributed by atoms with Gasteiger partial charge in [0, 0.05) is 12.0 Å². The monoisotopic (exact) mass is 323 g/mol. The summed E-state index contributed by atoms with van der Waals surface area (Å²) in [6.45, 7) is 0.360. The Morgan fingerprint density at radius 1 is 1.22 bits per heavy atom. The summed E-state index contributed by atoms with van der Waals surface area (Å²) in [5.41, 5.74) is 6.04. The number of carboxylic acids is 1. The highest BCUT2D eigenvalue weighted by Gasteiger charge is 2.42. The van der Waals surface area contributed by atoms with Crippen molar-refractivity contribution in [1.82, 2.24) is 0 Å². The number of carbonyl (C=O) groups is 1. The van der Waals surface area contributed by atoms with Gasteiger partial charge in [0.1, 0.15) is 12.4 Å². The van der Waals surface area contributed by atoms with Crippen molar-refractivity contribution in [2.75, 3.05) is 6.61 Å². The standard InChI is InChI=1S/C17H25NO5/c18-11(10-23-12-4-2-1-3-5-12)6-7-13-14(8-17(21)22)16(20)9-15(13)19/h1-5,11,13-16,19-20H,6-10,18H2,(H,21,22). The summed E-state index contributed by atoms with van der Waals surface area (Å²) in [5.74, 6) is -0.846. The van der Waals surface area contributed by atoms with Crippen molar-refractivity contribution >= 4 is 5.97 Å². The highest BCUT2D eigenvalue weighted by atomic mass is 16.5. The molecule has 23 heavy (non-hydrogen) atoms. The minimum atomic E-state index is -0.954. The smallest absolute Gasteiger partial charge is 0.303 e. The molecule has 128 valence electrons. The summed E-state index contributed by atoms with van der Waals surface area (Å²) in [6, 6.07) is 9.17. The van der Waals surface area contributed by atoms with Crippen molar-refractivity contribution < 1.29 is 24.9 Å². The van der Waals surface area contributed by atoms with Crippen molar-refractivity contribution in [2.24, 2.45) is 17.6 Å². The van der Waals surface area contributed by atoms with E-state index in [1.807, 2.05) is 30.3 Å². The van der Waals surface area contributed by atoms with Crippen LogP contribution in [0, 0.1) is 11.8 Å². The topological polar surface area (TPSA) is 113 Å². The van der Waals surface area contributed by atoms with Gasteiger partial charge in [-0.1, -0.05) is 18.2 Å². The highest BCUT2D eigenvalue weighted by molar-refractivity contribution is 5.67. The Kier molecular flexibility index (Phi) is 6.38. The van der Waals surface area contributed by atoms with Crippen LogP contribution in [0.4, 0.5) is 0 Å². The van der Waals surface area contributed by atoms with Crippen LogP contribution in [-0.2, 0) is 4.79 Å². The molecule has 1 aliphatic rings. The predicted molar refractivity (Wildman–Crippen MR) is 85.0 cm³/mol. The van der Waals surface area contributed by atoms with Crippen LogP contribution < -0.4 is 10.5 Å². The Balaban J connectivity index is 1.79. The summed E-state index contributed by atoms with van der Waals surface area (Å²) < 4.78 is 5.59. The Morgan fingerprint density at radius 2 is 1.87 bits per heavy atom. The highest BCUT2D eigenvalue weighted by Crippen LogP contribution is 2.38. The molecule has 5 atom stereocenters. The van der Waals surface area contributed by atoms with E-state index in [1.165, 1.54) is 0 Å². The molecule has 0 radical (unpaired) electrons. The van der Waals surface area contributed by atoms with Crippen LogP contribution >= 0.6 is 0 Å². The molecule has 6 heteroatoms. The minimum absolute atomic E-state index is 0.126. The number of nitrogens with two attached hydrogens (primary N) is 1. The van der Waals surface area contributed by atoms with Crippen molar-refractivity contribution in [3.63, 3.8) is 0 Å². The van der Waals surface area contributed by atoms with Crippen molar-refractivity contribution in [1.29, 1.82) is 0 Å². The van der Waals surface area contributed by atoms with E-state index in [1.54, 1.807) is 0 Å². The molecule has 5 unspecified atom stereocenters. The zero-order valence-corrected chi connectivity index (χ0v) is 13.0. The van der Waals surface area contributed by atoms with Gasteiger partial charge in [0.25, 0.3) is 0 Å². The van der Waals surface area contributed by atoms with Gasteiger partial charge in [-0.2, -0.15) is 0 Å². The Bertz CT molecular complexity index is 495. The summed E-state index contributed by atoms with van der Waals surface area (Å²) in [5, 5.41) is 28.9. The number of para-hydroxylation sites is 1. The van der Waals surface area contributed by atoms with Gasteiger partial charge in [-0.25, -0.2) is 0 Å². The number of rotatable bonds is 8. The van der Waals surface area contributed by atoms with Crippen LogP contribution in [-0.4, -0.2) is 46.1 Å². The molecule has 0 heterocycles. The second-order valence-electron chi connectivity index (χ2n) is 6.26. The van der Waals surface area contributed by atoms with Gasteiger partial charge < -0.3 is 25.8 Å². The lowest BCUT2D eigenvalue weighted by atomic mass is 9.86. The Labute approximate surface area is 135 Å². The minimum Gasteiger partial charge on any atom is -0.492 e. The number of benzene rings is 1. The van der Waals surface area contributed by atoms with E-state index in [0.29, 0.717) is 19.4 Å². The maximum absolute atomic E-state index is 10.9. The average molecular weight is 323 g/mol. The quantitative estimate of drug-likeness (QED) is 0.568. The first kappa shape index (κ1) is 17.7. The van der Waals surface area contributed by atoms with Crippen LogP contribution in [0.3, 0.4) is 0 Å². The third-order valence-electron chi connectivity index (χ3n) is 4.51. The van der Waals surface area contributed by atoms with E-state index in [2.05, 4.69) is 0 Å². The lowest BCUT2D eigenvalue weighted by Gasteiger charge is -2.23. The van der Waals surface area contributed by atoms with E-state index in [0.717, 1.165) is 5.75 Å². The molecule has 2 rings (SSSR count). The molecule has 1 saturated carbocycles. The molecule has 0 saturated heterocycles. The largest absolute Gasteiger partial charge is 0.492 e. The third-order valence-corrected chi connectivity index (χ3v) is 4.51. The molecular formula is C17H25NO5. The van der Waals surface area contributed by atoms with Crippen LogP contribution in [0.5, 0.6) is 5.75 Å². The molecule has 1 aliphatic carbocycles. The Hall–Kier alpha value is -1.63. The molecule has 1 aromatic rings. The molecule has 0 bridgehead atoms. The average Bonchev–Trinajstić information content (AvgIpc) is 2.77. The second-order valence-corrected chi connectivity index (χ2v) is 6.26. The van der Waals surface area contributed by atoms with Gasteiger partial charge >= 0.3 is 5.97 Å². The molecule has 0 aliphatic heterocycles. The summed E-state index contributed by atoms with van der Waals surface area (Å²) >= 11 is 0. The molecule has 0 spiro atoms. The van der Waals surface area contributed by atoms with E-state index in [-0.39, 0.29) is 24.8 Å². The molecule has 0 aromatic heterocycles. The van der Waals surface area contributed by atoms with Crippen molar-refractivity contribution in [3.8, 4) is 5.75 Å². The third kappa shape index (κ3) is 5.20. The van der Waals surface area contributed by atoms with E-state index >= 15 is 0 Å². The molecular weight excluding hydrogens is 298 g/mol. The molecule has 1 fully saturated rings. The van der Waals surface area contributed by atoms with Gasteiger partial charge in [0.15, 0.2) is 0 Å². The van der Waals surface area contributed by atoms with Crippen LogP contribution in [0.15, 0.2) is 30.3 Å². The van der Waals surface area contributed by atoms with Crippen LogP contribution in [0.25, 0.3) is 0 Å². The second kappa shape index (κ2) is 8.29. The molecule has 6 nitrogen and oxygen atoms in total. The maximum Gasteiger partial charge on any atom is 0.303 e. The number of aliphatic hydroxyl groups excluding tert-OH is 2. The van der Waals surface area contributed by atoms with Gasteiger partial charge in [0.05, 0.1) is 18.6 Å². The first-order valence-electron chi connectivity index (χ1n) is 7.98. The number of ether oxygens (including phenoxy) is 1. The number of hydrogen-bond acceptors (Lipinski definition) is 5. The molecule has 5 N–H and O–H groups in total. The number of carboxylic acid groups (broad SMARTS) is 1. The fourth-order valence-electron chi connectivity index (χ4n) is 3.27. The summed E-state index contributed by atoms with van der Waals surface area (Å²) in [6.07, 6.45) is -0.135. The molecule has 0 amide bonds.